The first-order valence-corrected chi connectivity index (χ1v) is 4.38. The molecule has 1 rings (SSSR count). The van der Waals surface area contributed by atoms with E-state index >= 15 is 0 Å². The summed E-state index contributed by atoms with van der Waals surface area (Å²) in [6, 6.07) is 3.41. The molecule has 0 fully saturated rings. The fraction of sp³-hybridized carbons (Fsp3) is 0.200. The molecule has 4 N–H and O–H groups in total. The zero-order chi connectivity index (χ0) is 12.3. The maximum atomic E-state index is 10.8. The Kier molecular flexibility index (Phi) is 3.34. The number of hydrogen-bond donors (Lipinski definition) is 4. The van der Waals surface area contributed by atoms with Gasteiger partial charge in [-0.05, 0) is 17.7 Å². The van der Waals surface area contributed by atoms with E-state index in [0.717, 1.165) is 12.1 Å². The zero-order valence-electron chi connectivity index (χ0n) is 8.12. The van der Waals surface area contributed by atoms with Crippen molar-refractivity contribution in [1.29, 1.82) is 0 Å². The highest BCUT2D eigenvalue weighted by Gasteiger charge is 2.23. The average Bonchev–Trinajstić information content (AvgIpc) is 2.18. The van der Waals surface area contributed by atoms with Gasteiger partial charge in [0.05, 0.1) is 12.3 Å². The highest BCUT2D eigenvalue weighted by Crippen LogP contribution is 2.30. The number of aromatic hydroxyl groups is 2. The lowest BCUT2D eigenvalue weighted by molar-refractivity contribution is -0.145. The lowest BCUT2D eigenvalue weighted by atomic mass is 9.95. The van der Waals surface area contributed by atoms with Gasteiger partial charge < -0.3 is 20.4 Å². The molecule has 1 unspecified atom stereocenters. The summed E-state index contributed by atoms with van der Waals surface area (Å²) in [6.45, 7) is 0. The minimum absolute atomic E-state index is 0.130. The van der Waals surface area contributed by atoms with Crippen molar-refractivity contribution in [3.8, 4) is 11.5 Å². The SMILES string of the molecule is O=C(O)CC(C(=O)O)c1ccc(O)c(O)c1. The van der Waals surface area contributed by atoms with Crippen LogP contribution in [0.5, 0.6) is 11.5 Å². The molecule has 0 saturated heterocycles. The van der Waals surface area contributed by atoms with Gasteiger partial charge in [-0.3, -0.25) is 9.59 Å². The van der Waals surface area contributed by atoms with Crippen molar-refractivity contribution in [2.75, 3.05) is 0 Å². The molecule has 6 heteroatoms. The molecule has 86 valence electrons. The highest BCUT2D eigenvalue weighted by molar-refractivity contribution is 5.82. The molecule has 1 aromatic rings. The summed E-state index contributed by atoms with van der Waals surface area (Å²) in [7, 11) is 0. The minimum Gasteiger partial charge on any atom is -0.504 e. The maximum Gasteiger partial charge on any atom is 0.311 e. The van der Waals surface area contributed by atoms with Crippen molar-refractivity contribution in [2.24, 2.45) is 0 Å². The van der Waals surface area contributed by atoms with Crippen LogP contribution in [0.1, 0.15) is 17.9 Å². The van der Waals surface area contributed by atoms with Crippen molar-refractivity contribution in [3.63, 3.8) is 0 Å². The minimum atomic E-state index is -1.30. The Balaban J connectivity index is 3.06. The Morgan fingerprint density at radius 3 is 2.19 bits per heavy atom. The molecule has 1 aromatic carbocycles. The van der Waals surface area contributed by atoms with Gasteiger partial charge in [-0.25, -0.2) is 0 Å². The van der Waals surface area contributed by atoms with E-state index in [4.69, 9.17) is 15.3 Å². The fourth-order valence-corrected chi connectivity index (χ4v) is 1.28. The Hall–Kier alpha value is -2.24. The first kappa shape index (κ1) is 11.8. The van der Waals surface area contributed by atoms with Crippen LogP contribution in [0.15, 0.2) is 18.2 Å². The Bertz CT molecular complexity index is 425. The van der Waals surface area contributed by atoms with E-state index < -0.39 is 30.0 Å². The third-order valence-electron chi connectivity index (χ3n) is 2.08. The third kappa shape index (κ3) is 2.63. The van der Waals surface area contributed by atoms with E-state index in [9.17, 15) is 14.7 Å². The van der Waals surface area contributed by atoms with Crippen LogP contribution in [0, 0.1) is 0 Å². The summed E-state index contributed by atoms with van der Waals surface area (Å²) in [5.74, 6) is -4.66. The summed E-state index contributed by atoms with van der Waals surface area (Å²) in [5.41, 5.74) is 0.130. The molecular weight excluding hydrogens is 216 g/mol. The smallest absolute Gasteiger partial charge is 0.311 e. The van der Waals surface area contributed by atoms with Crippen molar-refractivity contribution in [2.45, 2.75) is 12.3 Å². The van der Waals surface area contributed by atoms with E-state index in [2.05, 4.69) is 0 Å². The van der Waals surface area contributed by atoms with E-state index in [1.807, 2.05) is 0 Å². The summed E-state index contributed by atoms with van der Waals surface area (Å²) >= 11 is 0. The standard InChI is InChI=1S/C10H10O6/c11-7-2-1-5(3-8(7)12)6(10(15)16)4-9(13)14/h1-3,6,11-12H,4H2,(H,13,14)(H,15,16). The van der Waals surface area contributed by atoms with Gasteiger partial charge in [-0.2, -0.15) is 0 Å². The number of phenolic OH excluding ortho intramolecular Hbond substituents is 2. The number of hydrogen-bond acceptors (Lipinski definition) is 4. The number of rotatable bonds is 4. The number of phenols is 2. The van der Waals surface area contributed by atoms with Crippen LogP contribution < -0.4 is 0 Å². The molecule has 0 aliphatic rings. The first-order chi connectivity index (χ1) is 7.41. The van der Waals surface area contributed by atoms with Gasteiger partial charge in [0.25, 0.3) is 0 Å². The number of carboxylic acids is 2. The molecule has 6 nitrogen and oxygen atoms in total. The van der Waals surface area contributed by atoms with Crippen LogP contribution in [-0.2, 0) is 9.59 Å². The molecule has 0 heterocycles. The van der Waals surface area contributed by atoms with E-state index in [1.54, 1.807) is 0 Å². The molecule has 0 spiro atoms. The summed E-state index contributed by atoms with van der Waals surface area (Å²) < 4.78 is 0. The monoisotopic (exact) mass is 226 g/mol. The fourth-order valence-electron chi connectivity index (χ4n) is 1.28. The molecule has 0 aliphatic carbocycles. The lowest BCUT2D eigenvalue weighted by Gasteiger charge is -2.10. The molecule has 0 radical (unpaired) electrons. The van der Waals surface area contributed by atoms with Crippen LogP contribution in [0.3, 0.4) is 0 Å². The molecule has 0 amide bonds. The predicted octanol–water partition coefficient (Wildman–Crippen LogP) is 0.741. The summed E-state index contributed by atoms with van der Waals surface area (Å²) in [5, 5.41) is 35.6. The second-order valence-electron chi connectivity index (χ2n) is 3.24. The summed E-state index contributed by atoms with van der Waals surface area (Å²) in [4.78, 5) is 21.3. The molecule has 0 bridgehead atoms. The zero-order valence-corrected chi connectivity index (χ0v) is 8.12. The number of carboxylic acid groups (broad SMARTS) is 2. The Morgan fingerprint density at radius 1 is 1.12 bits per heavy atom. The quantitative estimate of drug-likeness (QED) is 0.563. The second kappa shape index (κ2) is 4.52. The molecular formula is C10H10O6. The first-order valence-electron chi connectivity index (χ1n) is 4.38. The van der Waals surface area contributed by atoms with Crippen molar-refractivity contribution >= 4 is 11.9 Å². The van der Waals surface area contributed by atoms with Crippen molar-refractivity contribution in [1.82, 2.24) is 0 Å². The largest absolute Gasteiger partial charge is 0.504 e. The third-order valence-corrected chi connectivity index (χ3v) is 2.08. The van der Waals surface area contributed by atoms with Crippen molar-refractivity contribution < 1.29 is 30.0 Å². The molecule has 0 saturated carbocycles. The van der Waals surface area contributed by atoms with Gasteiger partial charge in [-0.15, -0.1) is 0 Å². The predicted molar refractivity (Wildman–Crippen MR) is 52.4 cm³/mol. The van der Waals surface area contributed by atoms with Gasteiger partial charge in [0.15, 0.2) is 11.5 Å². The van der Waals surface area contributed by atoms with Crippen LogP contribution in [0.2, 0.25) is 0 Å². The van der Waals surface area contributed by atoms with Gasteiger partial charge in [0, 0.05) is 0 Å². The summed E-state index contributed by atoms with van der Waals surface area (Å²) in [6.07, 6.45) is -0.584. The molecule has 0 aromatic heterocycles. The van der Waals surface area contributed by atoms with Gasteiger partial charge in [0.1, 0.15) is 0 Å². The van der Waals surface area contributed by atoms with E-state index in [-0.39, 0.29) is 11.3 Å². The van der Waals surface area contributed by atoms with Crippen LogP contribution in [0.25, 0.3) is 0 Å². The molecule has 1 atom stereocenters. The average molecular weight is 226 g/mol. The van der Waals surface area contributed by atoms with E-state index in [0.29, 0.717) is 0 Å². The van der Waals surface area contributed by atoms with E-state index in [1.165, 1.54) is 6.07 Å². The second-order valence-corrected chi connectivity index (χ2v) is 3.24. The van der Waals surface area contributed by atoms with Gasteiger partial charge >= 0.3 is 11.9 Å². The normalized spacial score (nSPS) is 12.0. The number of carbonyl (C=O) groups is 2. The maximum absolute atomic E-state index is 10.8. The topological polar surface area (TPSA) is 115 Å². The number of benzene rings is 1. The van der Waals surface area contributed by atoms with Gasteiger partial charge in [0.2, 0.25) is 0 Å². The Labute approximate surface area is 90.4 Å². The molecule has 0 aliphatic heterocycles. The van der Waals surface area contributed by atoms with Gasteiger partial charge in [-0.1, -0.05) is 6.07 Å². The molecule has 16 heavy (non-hydrogen) atoms. The van der Waals surface area contributed by atoms with Crippen LogP contribution in [0.4, 0.5) is 0 Å². The van der Waals surface area contributed by atoms with Crippen LogP contribution >= 0.6 is 0 Å². The highest BCUT2D eigenvalue weighted by atomic mass is 16.4. The number of aliphatic carboxylic acids is 2. The van der Waals surface area contributed by atoms with Crippen LogP contribution in [-0.4, -0.2) is 32.4 Å². The lowest BCUT2D eigenvalue weighted by Crippen LogP contribution is -2.15. The Morgan fingerprint density at radius 2 is 1.75 bits per heavy atom. The van der Waals surface area contributed by atoms with Crippen molar-refractivity contribution in [3.05, 3.63) is 23.8 Å².